The van der Waals surface area contributed by atoms with Crippen LogP contribution in [0.3, 0.4) is 0 Å². The normalized spacial score (nSPS) is 22.7. The van der Waals surface area contributed by atoms with Crippen LogP contribution in [0, 0.1) is 0 Å². The van der Waals surface area contributed by atoms with Crippen molar-refractivity contribution in [1.82, 2.24) is 4.90 Å². The molecule has 2 N–H and O–H groups in total. The number of hydrogen-bond donors (Lipinski definition) is 1. The lowest BCUT2D eigenvalue weighted by molar-refractivity contribution is -0.137. The van der Waals surface area contributed by atoms with E-state index in [1.807, 2.05) is 18.2 Å². The third-order valence-electron chi connectivity index (χ3n) is 4.38. The maximum absolute atomic E-state index is 12.8. The van der Waals surface area contributed by atoms with E-state index in [0.29, 0.717) is 5.56 Å². The van der Waals surface area contributed by atoms with Crippen LogP contribution < -0.4 is 5.73 Å². The van der Waals surface area contributed by atoms with Crippen LogP contribution in [0.5, 0.6) is 0 Å². The molecule has 2 amide bonds. The van der Waals surface area contributed by atoms with Gasteiger partial charge >= 0.3 is 0 Å². The summed E-state index contributed by atoms with van der Waals surface area (Å²) in [4.78, 5) is 26.5. The van der Waals surface area contributed by atoms with Crippen molar-refractivity contribution >= 4 is 11.8 Å². The molecular weight excluding hydrogens is 240 g/mol. The average molecular weight is 258 g/mol. The average Bonchev–Trinajstić information content (AvgIpc) is 2.87. The van der Waals surface area contributed by atoms with Crippen molar-refractivity contribution in [3.63, 3.8) is 0 Å². The quantitative estimate of drug-likeness (QED) is 0.781. The number of rotatable bonds is 1. The fourth-order valence-electron chi connectivity index (χ4n) is 3.49. The van der Waals surface area contributed by atoms with Gasteiger partial charge in [-0.25, -0.2) is 0 Å². The van der Waals surface area contributed by atoms with Crippen LogP contribution in [-0.2, 0) is 10.2 Å². The predicted octanol–water partition coefficient (Wildman–Crippen LogP) is 1.79. The van der Waals surface area contributed by atoms with E-state index < -0.39 is 11.6 Å². The minimum absolute atomic E-state index is 0.108. The molecule has 4 heteroatoms. The first-order chi connectivity index (χ1) is 9.08. The minimum atomic E-state index is -0.578. The van der Waals surface area contributed by atoms with E-state index in [0.717, 1.165) is 31.2 Å². The SMILES string of the molecule is CC(N)N1C(=O)c2ccccc2C2(CCCC2)C1=O. The third-order valence-corrected chi connectivity index (χ3v) is 4.38. The summed E-state index contributed by atoms with van der Waals surface area (Å²) in [6.07, 6.45) is 3.12. The number of benzene rings is 1. The smallest absolute Gasteiger partial charge is 0.262 e. The Hall–Kier alpha value is -1.68. The highest BCUT2D eigenvalue weighted by molar-refractivity contribution is 6.13. The minimum Gasteiger partial charge on any atom is -0.311 e. The van der Waals surface area contributed by atoms with E-state index in [9.17, 15) is 9.59 Å². The summed E-state index contributed by atoms with van der Waals surface area (Å²) in [5.41, 5.74) is 6.87. The summed E-state index contributed by atoms with van der Waals surface area (Å²) in [5.74, 6) is -0.364. The number of carbonyl (C=O) groups is 2. The van der Waals surface area contributed by atoms with Crippen LogP contribution in [0.25, 0.3) is 0 Å². The Kier molecular flexibility index (Phi) is 2.71. The van der Waals surface area contributed by atoms with Crippen LogP contribution in [0.2, 0.25) is 0 Å². The van der Waals surface area contributed by atoms with Crippen LogP contribution in [0.4, 0.5) is 0 Å². The Morgan fingerprint density at radius 3 is 2.47 bits per heavy atom. The summed E-state index contributed by atoms with van der Waals surface area (Å²) in [5, 5.41) is 0. The van der Waals surface area contributed by atoms with Crippen molar-refractivity contribution in [3.05, 3.63) is 35.4 Å². The second-order valence-electron chi connectivity index (χ2n) is 5.56. The highest BCUT2D eigenvalue weighted by atomic mass is 16.2. The molecule has 0 aromatic heterocycles. The zero-order chi connectivity index (χ0) is 13.6. The van der Waals surface area contributed by atoms with Gasteiger partial charge in [-0.05, 0) is 31.4 Å². The molecule has 1 saturated carbocycles. The zero-order valence-corrected chi connectivity index (χ0v) is 11.1. The molecule has 19 heavy (non-hydrogen) atoms. The molecule has 1 aromatic carbocycles. The molecule has 100 valence electrons. The van der Waals surface area contributed by atoms with Gasteiger partial charge in [0.15, 0.2) is 0 Å². The zero-order valence-electron chi connectivity index (χ0n) is 11.1. The molecular formula is C15H18N2O2. The number of imide groups is 1. The Balaban J connectivity index is 2.23. The fourth-order valence-corrected chi connectivity index (χ4v) is 3.49. The Labute approximate surface area is 112 Å². The second-order valence-corrected chi connectivity index (χ2v) is 5.56. The van der Waals surface area contributed by atoms with Crippen molar-refractivity contribution in [2.45, 2.75) is 44.2 Å². The van der Waals surface area contributed by atoms with Crippen molar-refractivity contribution in [3.8, 4) is 0 Å². The first-order valence-corrected chi connectivity index (χ1v) is 6.81. The number of hydrogen-bond acceptors (Lipinski definition) is 3. The van der Waals surface area contributed by atoms with Gasteiger partial charge < -0.3 is 5.73 Å². The molecule has 1 spiro atoms. The van der Waals surface area contributed by atoms with Crippen LogP contribution in [0.1, 0.15) is 48.5 Å². The van der Waals surface area contributed by atoms with Gasteiger partial charge in [-0.2, -0.15) is 0 Å². The van der Waals surface area contributed by atoms with Crippen LogP contribution in [-0.4, -0.2) is 22.9 Å². The Bertz CT molecular complexity index is 545. The molecule has 1 aliphatic carbocycles. The molecule has 1 heterocycles. The standard InChI is InChI=1S/C15H18N2O2/c1-10(16)17-13(18)11-6-2-3-7-12(11)15(14(17)19)8-4-5-9-15/h2-3,6-7,10H,4-5,8-9,16H2,1H3. The van der Waals surface area contributed by atoms with E-state index in [2.05, 4.69) is 0 Å². The number of fused-ring (bicyclic) bond motifs is 2. The van der Waals surface area contributed by atoms with Gasteiger partial charge in [0.1, 0.15) is 0 Å². The van der Waals surface area contributed by atoms with Gasteiger partial charge in [0, 0.05) is 5.56 Å². The molecule has 1 aromatic rings. The lowest BCUT2D eigenvalue weighted by Crippen LogP contribution is -2.58. The van der Waals surface area contributed by atoms with Crippen LogP contribution >= 0.6 is 0 Å². The molecule has 1 unspecified atom stereocenters. The number of nitrogens with two attached hydrogens (primary N) is 1. The maximum atomic E-state index is 12.8. The number of amides is 2. The topological polar surface area (TPSA) is 63.4 Å². The summed E-state index contributed by atoms with van der Waals surface area (Å²) in [6, 6.07) is 7.48. The molecule has 0 bridgehead atoms. The lowest BCUT2D eigenvalue weighted by atomic mass is 9.72. The highest BCUT2D eigenvalue weighted by Crippen LogP contribution is 2.46. The highest BCUT2D eigenvalue weighted by Gasteiger charge is 2.52. The molecule has 3 rings (SSSR count). The molecule has 1 atom stereocenters. The Morgan fingerprint density at radius 2 is 1.84 bits per heavy atom. The van der Waals surface area contributed by atoms with E-state index in [1.54, 1.807) is 13.0 Å². The maximum Gasteiger partial charge on any atom is 0.262 e. The summed E-state index contributed by atoms with van der Waals surface area (Å²) in [6.45, 7) is 1.69. The second kappa shape index (κ2) is 4.17. The van der Waals surface area contributed by atoms with E-state index in [1.165, 1.54) is 4.90 Å². The number of nitrogens with zero attached hydrogens (tertiary/aromatic N) is 1. The summed E-state index contributed by atoms with van der Waals surface area (Å²) >= 11 is 0. The molecule has 2 aliphatic rings. The van der Waals surface area contributed by atoms with Gasteiger partial charge in [-0.15, -0.1) is 0 Å². The molecule has 4 nitrogen and oxygen atoms in total. The summed E-state index contributed by atoms with van der Waals surface area (Å²) < 4.78 is 0. The van der Waals surface area contributed by atoms with Crippen molar-refractivity contribution in [2.24, 2.45) is 5.73 Å². The van der Waals surface area contributed by atoms with E-state index in [-0.39, 0.29) is 11.8 Å². The first kappa shape index (κ1) is 12.4. The van der Waals surface area contributed by atoms with Gasteiger partial charge in [-0.3, -0.25) is 14.5 Å². The van der Waals surface area contributed by atoms with Gasteiger partial charge in [0.05, 0.1) is 11.6 Å². The van der Waals surface area contributed by atoms with E-state index >= 15 is 0 Å². The fraction of sp³-hybridized carbons (Fsp3) is 0.467. The molecule has 0 radical (unpaired) electrons. The molecule has 1 fully saturated rings. The summed E-state index contributed by atoms with van der Waals surface area (Å²) in [7, 11) is 0. The predicted molar refractivity (Wildman–Crippen MR) is 71.4 cm³/mol. The molecule has 0 saturated heterocycles. The van der Waals surface area contributed by atoms with Crippen molar-refractivity contribution < 1.29 is 9.59 Å². The monoisotopic (exact) mass is 258 g/mol. The van der Waals surface area contributed by atoms with Crippen LogP contribution in [0.15, 0.2) is 24.3 Å². The van der Waals surface area contributed by atoms with E-state index in [4.69, 9.17) is 5.73 Å². The Morgan fingerprint density at radius 1 is 1.21 bits per heavy atom. The first-order valence-electron chi connectivity index (χ1n) is 6.81. The van der Waals surface area contributed by atoms with Gasteiger partial charge in [-0.1, -0.05) is 31.0 Å². The third kappa shape index (κ3) is 1.56. The largest absolute Gasteiger partial charge is 0.311 e. The number of carbonyl (C=O) groups excluding carboxylic acids is 2. The molecule has 1 aliphatic heterocycles. The van der Waals surface area contributed by atoms with Gasteiger partial charge in [0.2, 0.25) is 5.91 Å². The van der Waals surface area contributed by atoms with Crippen molar-refractivity contribution in [2.75, 3.05) is 0 Å². The van der Waals surface area contributed by atoms with Crippen molar-refractivity contribution in [1.29, 1.82) is 0 Å². The van der Waals surface area contributed by atoms with Gasteiger partial charge in [0.25, 0.3) is 5.91 Å². The lowest BCUT2D eigenvalue weighted by Gasteiger charge is -2.41.